The third-order valence-corrected chi connectivity index (χ3v) is 3.25. The molecule has 0 fully saturated rings. The maximum absolute atomic E-state index is 10.8. The third-order valence-electron chi connectivity index (χ3n) is 2.32. The third kappa shape index (κ3) is 1.21. The fourth-order valence-electron chi connectivity index (χ4n) is 1.56. The van der Waals surface area contributed by atoms with Gasteiger partial charge in [0, 0.05) is 11.1 Å². The van der Waals surface area contributed by atoms with E-state index in [9.17, 15) is 4.79 Å². The Labute approximate surface area is 86.1 Å². The fourth-order valence-corrected chi connectivity index (χ4v) is 2.52. The summed E-state index contributed by atoms with van der Waals surface area (Å²) in [6.45, 7) is 1.90. The number of aldehydes is 1. The highest BCUT2D eigenvalue weighted by Crippen LogP contribution is 2.35. The molecule has 0 spiro atoms. The van der Waals surface area contributed by atoms with Crippen molar-refractivity contribution in [3.63, 3.8) is 0 Å². The molecule has 72 valence electrons. The Hall–Kier alpha value is -1.35. The van der Waals surface area contributed by atoms with Gasteiger partial charge in [-0.3, -0.25) is 4.79 Å². The van der Waals surface area contributed by atoms with Gasteiger partial charge in [0.1, 0.15) is 12.0 Å². The molecule has 0 saturated carbocycles. The first-order valence-corrected chi connectivity index (χ1v) is 5.16. The lowest BCUT2D eigenvalue weighted by Gasteiger charge is -2.07. The zero-order valence-electron chi connectivity index (χ0n) is 8.03. The van der Waals surface area contributed by atoms with Crippen LogP contribution in [0.15, 0.2) is 17.5 Å². The van der Waals surface area contributed by atoms with Crippen LogP contribution in [0.25, 0.3) is 10.1 Å². The molecule has 3 heteroatoms. The lowest BCUT2D eigenvalue weighted by atomic mass is 10.1. The molecular weight excluding hydrogens is 196 g/mol. The van der Waals surface area contributed by atoms with E-state index in [0.717, 1.165) is 27.7 Å². The molecule has 0 radical (unpaired) electrons. The number of thiophene rings is 1. The summed E-state index contributed by atoms with van der Waals surface area (Å²) >= 11 is 1.63. The minimum absolute atomic E-state index is 0.702. The number of benzene rings is 1. The van der Waals surface area contributed by atoms with Gasteiger partial charge < -0.3 is 4.74 Å². The number of methoxy groups -OCH3 is 1. The number of rotatable bonds is 2. The summed E-state index contributed by atoms with van der Waals surface area (Å²) in [6, 6.07) is 3.89. The van der Waals surface area contributed by atoms with E-state index in [1.165, 1.54) is 0 Å². The van der Waals surface area contributed by atoms with Crippen LogP contribution in [0.4, 0.5) is 0 Å². The summed E-state index contributed by atoms with van der Waals surface area (Å²) in [6.07, 6.45) is 0.870. The zero-order valence-corrected chi connectivity index (χ0v) is 8.85. The minimum Gasteiger partial charge on any atom is -0.495 e. The summed E-state index contributed by atoms with van der Waals surface area (Å²) in [4.78, 5) is 10.8. The molecule has 0 atom stereocenters. The molecule has 0 unspecified atom stereocenters. The zero-order chi connectivity index (χ0) is 10.1. The molecule has 0 amide bonds. The second-order valence-electron chi connectivity index (χ2n) is 3.08. The molecule has 1 heterocycles. The molecule has 2 nitrogen and oxygen atoms in total. The molecule has 0 saturated heterocycles. The number of ether oxygens (including phenoxy) is 1. The molecule has 2 rings (SSSR count). The Morgan fingerprint density at radius 1 is 1.50 bits per heavy atom. The molecule has 14 heavy (non-hydrogen) atoms. The van der Waals surface area contributed by atoms with Crippen LogP contribution < -0.4 is 4.74 Å². The topological polar surface area (TPSA) is 26.3 Å². The van der Waals surface area contributed by atoms with E-state index in [1.807, 2.05) is 24.4 Å². The molecule has 0 aliphatic rings. The van der Waals surface area contributed by atoms with Gasteiger partial charge in [-0.2, -0.15) is 0 Å². The van der Waals surface area contributed by atoms with Gasteiger partial charge >= 0.3 is 0 Å². The quantitative estimate of drug-likeness (QED) is 0.706. The monoisotopic (exact) mass is 206 g/mol. The van der Waals surface area contributed by atoms with Gasteiger partial charge in [0.2, 0.25) is 0 Å². The first-order valence-electron chi connectivity index (χ1n) is 4.28. The van der Waals surface area contributed by atoms with Crippen molar-refractivity contribution in [1.29, 1.82) is 0 Å². The van der Waals surface area contributed by atoms with Crippen molar-refractivity contribution in [2.75, 3.05) is 7.11 Å². The van der Waals surface area contributed by atoms with Crippen LogP contribution in [-0.2, 0) is 0 Å². The predicted octanol–water partition coefficient (Wildman–Crippen LogP) is 3.03. The van der Waals surface area contributed by atoms with Gasteiger partial charge in [-0.15, -0.1) is 11.3 Å². The van der Waals surface area contributed by atoms with E-state index < -0.39 is 0 Å². The molecule has 0 N–H and O–H groups in total. The largest absolute Gasteiger partial charge is 0.495 e. The fraction of sp³-hybridized carbons (Fsp3) is 0.182. The van der Waals surface area contributed by atoms with E-state index in [-0.39, 0.29) is 0 Å². The lowest BCUT2D eigenvalue weighted by molar-refractivity contribution is 0.112. The highest BCUT2D eigenvalue weighted by Gasteiger charge is 2.10. The minimum atomic E-state index is 0.702. The smallest absolute Gasteiger partial charge is 0.150 e. The Morgan fingerprint density at radius 2 is 2.29 bits per heavy atom. The summed E-state index contributed by atoms with van der Waals surface area (Å²) < 4.78 is 6.42. The number of hydrogen-bond donors (Lipinski definition) is 0. The van der Waals surface area contributed by atoms with Crippen LogP contribution >= 0.6 is 11.3 Å². The average Bonchev–Trinajstić information content (AvgIpc) is 2.64. The maximum Gasteiger partial charge on any atom is 0.150 e. The number of fused-ring (bicyclic) bond motifs is 1. The second kappa shape index (κ2) is 3.42. The Morgan fingerprint density at radius 3 is 2.93 bits per heavy atom. The molecule has 1 aromatic heterocycles. The van der Waals surface area contributed by atoms with Crippen molar-refractivity contribution in [2.45, 2.75) is 6.92 Å². The van der Waals surface area contributed by atoms with E-state index in [4.69, 9.17) is 4.74 Å². The summed E-state index contributed by atoms with van der Waals surface area (Å²) in [5, 5.41) is 3.07. The van der Waals surface area contributed by atoms with Crippen molar-refractivity contribution in [2.24, 2.45) is 0 Å². The normalized spacial score (nSPS) is 10.4. The van der Waals surface area contributed by atoms with Crippen LogP contribution in [0.1, 0.15) is 15.9 Å². The van der Waals surface area contributed by atoms with E-state index >= 15 is 0 Å². The van der Waals surface area contributed by atoms with Gasteiger partial charge in [-0.05, 0) is 29.8 Å². The first-order chi connectivity index (χ1) is 6.77. The average molecular weight is 206 g/mol. The highest BCUT2D eigenvalue weighted by molar-refractivity contribution is 7.17. The lowest BCUT2D eigenvalue weighted by Crippen LogP contribution is -1.92. The SMILES string of the molecule is COc1c(C)c(C=O)cc2ccsc12. The molecule has 0 bridgehead atoms. The van der Waals surface area contributed by atoms with E-state index in [1.54, 1.807) is 18.4 Å². The molecule has 0 aliphatic heterocycles. The van der Waals surface area contributed by atoms with Gasteiger partial charge in [0.15, 0.2) is 0 Å². The highest BCUT2D eigenvalue weighted by atomic mass is 32.1. The standard InChI is InChI=1S/C11H10O2S/c1-7-9(6-12)5-8-3-4-14-11(8)10(7)13-2/h3-6H,1-2H3. The van der Waals surface area contributed by atoms with Crippen molar-refractivity contribution in [3.8, 4) is 5.75 Å². The summed E-state index contributed by atoms with van der Waals surface area (Å²) in [5.41, 5.74) is 1.62. The van der Waals surface area contributed by atoms with Gasteiger partial charge in [0.05, 0.1) is 11.8 Å². The molecular formula is C11H10O2S. The Bertz CT molecular complexity index is 485. The van der Waals surface area contributed by atoms with Crippen LogP contribution in [0.5, 0.6) is 5.75 Å². The Balaban J connectivity index is 2.87. The summed E-state index contributed by atoms with van der Waals surface area (Å²) in [5.74, 6) is 0.819. The van der Waals surface area contributed by atoms with Crippen LogP contribution in [0, 0.1) is 6.92 Å². The van der Waals surface area contributed by atoms with E-state index in [2.05, 4.69) is 0 Å². The van der Waals surface area contributed by atoms with Crippen molar-refractivity contribution < 1.29 is 9.53 Å². The number of hydrogen-bond acceptors (Lipinski definition) is 3. The second-order valence-corrected chi connectivity index (χ2v) is 4.00. The van der Waals surface area contributed by atoms with Gasteiger partial charge in [-0.1, -0.05) is 0 Å². The molecule has 2 aromatic rings. The number of carbonyl (C=O) groups is 1. The van der Waals surface area contributed by atoms with Crippen LogP contribution in [0.3, 0.4) is 0 Å². The Kier molecular flexibility index (Phi) is 2.25. The van der Waals surface area contributed by atoms with Crippen LogP contribution in [0.2, 0.25) is 0 Å². The van der Waals surface area contributed by atoms with E-state index in [0.29, 0.717) is 5.56 Å². The van der Waals surface area contributed by atoms with Crippen molar-refractivity contribution in [3.05, 3.63) is 28.6 Å². The van der Waals surface area contributed by atoms with Gasteiger partial charge in [0.25, 0.3) is 0 Å². The predicted molar refractivity (Wildman–Crippen MR) is 58.5 cm³/mol. The molecule has 0 aliphatic carbocycles. The van der Waals surface area contributed by atoms with Crippen molar-refractivity contribution in [1.82, 2.24) is 0 Å². The summed E-state index contributed by atoms with van der Waals surface area (Å²) in [7, 11) is 1.63. The first kappa shape index (κ1) is 9.21. The maximum atomic E-state index is 10.8. The van der Waals surface area contributed by atoms with Crippen molar-refractivity contribution >= 4 is 27.7 Å². The number of carbonyl (C=O) groups excluding carboxylic acids is 1. The van der Waals surface area contributed by atoms with Crippen LogP contribution in [-0.4, -0.2) is 13.4 Å². The molecule has 1 aromatic carbocycles. The van der Waals surface area contributed by atoms with Gasteiger partial charge in [-0.25, -0.2) is 0 Å².